The molecule has 2 bridgehead atoms. The first-order chi connectivity index (χ1) is 14.8. The fraction of sp³-hybridized carbons (Fsp3) is 0.333. The second-order valence-corrected chi connectivity index (χ2v) is 12.1. The van der Waals surface area contributed by atoms with E-state index in [1.807, 2.05) is 25.2 Å². The van der Waals surface area contributed by atoms with Crippen LogP contribution in [0.4, 0.5) is 0 Å². The van der Waals surface area contributed by atoms with Gasteiger partial charge in [0.15, 0.2) is 9.84 Å². The number of nitrogens with zero attached hydrogens (tertiary/aromatic N) is 1. The van der Waals surface area contributed by atoms with Gasteiger partial charge in [-0.25, -0.2) is 16.8 Å². The SMILES string of the molecule is Cc1ccc(S(=O)(=O)N2C3=CC[C@@H]2C/C=C\CCC[C@@H]3S(=O)(=O)c2ccccc2)cc1. The lowest BCUT2D eigenvalue weighted by Crippen LogP contribution is -2.41. The van der Waals surface area contributed by atoms with Crippen molar-refractivity contribution in [3.05, 3.63) is 84.1 Å². The Morgan fingerprint density at radius 2 is 1.55 bits per heavy atom. The molecule has 2 aromatic carbocycles. The molecule has 0 N–H and O–H groups in total. The van der Waals surface area contributed by atoms with E-state index in [0.717, 1.165) is 12.0 Å². The Kier molecular flexibility index (Phi) is 6.08. The van der Waals surface area contributed by atoms with Crippen LogP contribution in [-0.2, 0) is 19.9 Å². The molecule has 2 atom stereocenters. The van der Waals surface area contributed by atoms with Crippen molar-refractivity contribution in [1.29, 1.82) is 0 Å². The van der Waals surface area contributed by atoms with Gasteiger partial charge in [-0.3, -0.25) is 4.31 Å². The van der Waals surface area contributed by atoms with Crippen LogP contribution in [0.3, 0.4) is 0 Å². The number of hydrogen-bond donors (Lipinski definition) is 0. The average Bonchev–Trinajstić information content (AvgIpc) is 3.16. The van der Waals surface area contributed by atoms with E-state index in [2.05, 4.69) is 0 Å². The highest BCUT2D eigenvalue weighted by molar-refractivity contribution is 7.92. The van der Waals surface area contributed by atoms with Crippen LogP contribution in [0.15, 0.2) is 88.3 Å². The van der Waals surface area contributed by atoms with Crippen LogP contribution in [0.25, 0.3) is 0 Å². The lowest BCUT2D eigenvalue weighted by atomic mass is 10.1. The summed E-state index contributed by atoms with van der Waals surface area (Å²) in [6.45, 7) is 1.90. The molecular weight excluding hydrogens is 430 g/mol. The van der Waals surface area contributed by atoms with Crippen LogP contribution < -0.4 is 0 Å². The molecule has 0 saturated carbocycles. The third-order valence-corrected chi connectivity index (χ3v) is 10.0. The zero-order chi connectivity index (χ0) is 22.1. The maximum absolute atomic E-state index is 13.7. The average molecular weight is 458 g/mol. The van der Waals surface area contributed by atoms with E-state index in [-0.39, 0.29) is 15.8 Å². The molecule has 164 valence electrons. The van der Waals surface area contributed by atoms with Crippen molar-refractivity contribution in [2.24, 2.45) is 0 Å². The van der Waals surface area contributed by atoms with Crippen molar-refractivity contribution in [2.45, 2.75) is 60.1 Å². The number of fused-ring (bicyclic) bond motifs is 2. The van der Waals surface area contributed by atoms with Crippen LogP contribution in [0.1, 0.15) is 37.7 Å². The van der Waals surface area contributed by atoms with Gasteiger partial charge in [-0.2, -0.15) is 0 Å². The van der Waals surface area contributed by atoms with Gasteiger partial charge in [-0.1, -0.05) is 54.1 Å². The first-order valence-electron chi connectivity index (χ1n) is 10.6. The number of benzene rings is 2. The lowest BCUT2D eigenvalue weighted by molar-refractivity contribution is 0.391. The second-order valence-electron chi connectivity index (χ2n) is 8.12. The summed E-state index contributed by atoms with van der Waals surface area (Å²) in [5, 5.41) is -0.897. The Labute approximate surface area is 185 Å². The van der Waals surface area contributed by atoms with Crippen molar-refractivity contribution < 1.29 is 16.8 Å². The highest BCUT2D eigenvalue weighted by Gasteiger charge is 2.43. The van der Waals surface area contributed by atoms with E-state index < -0.39 is 25.1 Å². The summed E-state index contributed by atoms with van der Waals surface area (Å²) < 4.78 is 56.0. The maximum Gasteiger partial charge on any atom is 0.264 e. The van der Waals surface area contributed by atoms with Crippen LogP contribution in [0, 0.1) is 6.92 Å². The van der Waals surface area contributed by atoms with Crippen molar-refractivity contribution in [2.75, 3.05) is 0 Å². The molecule has 0 spiro atoms. The van der Waals surface area contributed by atoms with Crippen molar-refractivity contribution >= 4 is 19.9 Å². The van der Waals surface area contributed by atoms with E-state index in [1.54, 1.807) is 54.6 Å². The van der Waals surface area contributed by atoms with Crippen LogP contribution in [0.2, 0.25) is 0 Å². The topological polar surface area (TPSA) is 71.5 Å². The fourth-order valence-corrected chi connectivity index (χ4v) is 7.99. The molecule has 4 rings (SSSR count). The van der Waals surface area contributed by atoms with Gasteiger partial charge in [0.2, 0.25) is 0 Å². The molecule has 31 heavy (non-hydrogen) atoms. The van der Waals surface area contributed by atoms with Gasteiger partial charge in [0, 0.05) is 5.70 Å². The number of rotatable bonds is 4. The van der Waals surface area contributed by atoms with E-state index in [9.17, 15) is 16.8 Å². The monoisotopic (exact) mass is 457 g/mol. The molecule has 2 aliphatic heterocycles. The Morgan fingerprint density at radius 3 is 2.26 bits per heavy atom. The lowest BCUT2D eigenvalue weighted by Gasteiger charge is -2.33. The summed E-state index contributed by atoms with van der Waals surface area (Å²) in [6, 6.07) is 14.7. The summed E-state index contributed by atoms with van der Waals surface area (Å²) in [4.78, 5) is 0.414. The number of allylic oxidation sites excluding steroid dienone is 1. The molecule has 2 aromatic rings. The summed E-state index contributed by atoms with van der Waals surface area (Å²) in [5.41, 5.74) is 1.36. The first kappa shape index (κ1) is 21.8. The smallest absolute Gasteiger partial charge is 0.264 e. The van der Waals surface area contributed by atoms with E-state index in [4.69, 9.17) is 0 Å². The summed E-state index contributed by atoms with van der Waals surface area (Å²) in [5.74, 6) is 0. The molecule has 2 aliphatic rings. The summed E-state index contributed by atoms with van der Waals surface area (Å²) in [6.07, 6.45) is 8.77. The third kappa shape index (κ3) is 4.21. The minimum Gasteiger partial charge on any atom is -0.265 e. The standard InChI is InChI=1S/C24H27NO4S2/c1-19-13-16-22(17-14-19)31(28,29)25-20-9-5-2-3-8-12-24(23(25)18-15-20)30(26,27)21-10-6-4-7-11-21/h2,4-7,10-11,13-14,16-18,20,24H,3,8-9,12,15H2,1H3/b5-2-/t20-,24-/m0/s1. The van der Waals surface area contributed by atoms with Crippen molar-refractivity contribution in [3.63, 3.8) is 0 Å². The molecule has 0 aromatic heterocycles. The molecular formula is C24H27NO4S2. The van der Waals surface area contributed by atoms with E-state index in [0.29, 0.717) is 31.4 Å². The Bertz CT molecular complexity index is 1200. The second kappa shape index (κ2) is 8.63. The fourth-order valence-electron chi connectivity index (χ4n) is 4.31. The van der Waals surface area contributed by atoms with Gasteiger partial charge in [0.05, 0.1) is 15.8 Å². The molecule has 0 amide bonds. The molecule has 5 nitrogen and oxygen atoms in total. The van der Waals surface area contributed by atoms with Gasteiger partial charge in [0.1, 0.15) is 5.25 Å². The van der Waals surface area contributed by atoms with Gasteiger partial charge < -0.3 is 0 Å². The normalized spacial score (nSPS) is 23.3. The minimum absolute atomic E-state index is 0.188. The molecule has 0 saturated heterocycles. The van der Waals surface area contributed by atoms with Gasteiger partial charge in [0.25, 0.3) is 10.0 Å². The number of sulfone groups is 1. The summed E-state index contributed by atoms with van der Waals surface area (Å²) >= 11 is 0. The van der Waals surface area contributed by atoms with Crippen LogP contribution in [-0.4, -0.2) is 32.4 Å². The highest BCUT2D eigenvalue weighted by Crippen LogP contribution is 2.39. The molecule has 0 aliphatic carbocycles. The predicted octanol–water partition coefficient (Wildman–Crippen LogP) is 4.61. The number of aryl methyl sites for hydroxylation is 1. The molecule has 0 unspecified atom stereocenters. The molecule has 2 heterocycles. The van der Waals surface area contributed by atoms with Crippen LogP contribution in [0.5, 0.6) is 0 Å². The Hall–Kier alpha value is -2.38. The minimum atomic E-state index is -3.89. The third-order valence-electron chi connectivity index (χ3n) is 5.95. The zero-order valence-electron chi connectivity index (χ0n) is 17.5. The molecule has 0 fully saturated rings. The first-order valence-corrected chi connectivity index (χ1v) is 13.6. The van der Waals surface area contributed by atoms with E-state index in [1.165, 1.54) is 4.31 Å². The van der Waals surface area contributed by atoms with Crippen molar-refractivity contribution in [1.82, 2.24) is 4.31 Å². The molecule has 0 radical (unpaired) electrons. The van der Waals surface area contributed by atoms with Gasteiger partial charge >= 0.3 is 0 Å². The number of sulfonamides is 1. The Balaban J connectivity index is 1.83. The van der Waals surface area contributed by atoms with Crippen LogP contribution >= 0.6 is 0 Å². The zero-order valence-corrected chi connectivity index (χ0v) is 19.1. The Morgan fingerprint density at radius 1 is 0.839 bits per heavy atom. The number of hydrogen-bond acceptors (Lipinski definition) is 4. The summed E-state index contributed by atoms with van der Waals surface area (Å²) in [7, 11) is -7.64. The predicted molar refractivity (Wildman–Crippen MR) is 122 cm³/mol. The van der Waals surface area contributed by atoms with Gasteiger partial charge in [-0.15, -0.1) is 0 Å². The molecule has 7 heteroatoms. The largest absolute Gasteiger partial charge is 0.265 e. The van der Waals surface area contributed by atoms with E-state index >= 15 is 0 Å². The highest BCUT2D eigenvalue weighted by atomic mass is 32.2. The maximum atomic E-state index is 13.7. The quantitative estimate of drug-likeness (QED) is 0.629. The van der Waals surface area contributed by atoms with Crippen molar-refractivity contribution in [3.8, 4) is 0 Å². The van der Waals surface area contributed by atoms with Gasteiger partial charge in [-0.05, 0) is 63.3 Å².